The molecule has 1 heterocycles. The van der Waals surface area contributed by atoms with E-state index in [0.717, 1.165) is 5.82 Å². The maximum atomic E-state index is 12.4. The molecule has 7 heteroatoms. The average Bonchev–Trinajstić information content (AvgIpc) is 3.45. The Kier molecular flexibility index (Phi) is 4.92. The minimum atomic E-state index is -0.264. The van der Waals surface area contributed by atoms with Crippen LogP contribution in [0, 0.1) is 0 Å². The summed E-state index contributed by atoms with van der Waals surface area (Å²) in [4.78, 5) is 16.7. The molecule has 0 bridgehead atoms. The lowest BCUT2D eigenvalue weighted by atomic mass is 10.2. The summed E-state index contributed by atoms with van der Waals surface area (Å²) in [6.07, 6.45) is 3.90. The third-order valence-corrected chi connectivity index (χ3v) is 3.88. The van der Waals surface area contributed by atoms with Gasteiger partial charge in [0.2, 0.25) is 5.75 Å². The predicted octanol–water partition coefficient (Wildman–Crippen LogP) is 2.93. The first-order chi connectivity index (χ1) is 12.1. The van der Waals surface area contributed by atoms with Gasteiger partial charge in [-0.3, -0.25) is 4.79 Å². The molecular formula is C18H21N3O4. The molecule has 0 aliphatic heterocycles. The Balaban J connectivity index is 1.75. The van der Waals surface area contributed by atoms with E-state index in [1.54, 1.807) is 24.4 Å². The minimum Gasteiger partial charge on any atom is -0.493 e. The second-order valence-electron chi connectivity index (χ2n) is 5.72. The summed E-state index contributed by atoms with van der Waals surface area (Å²) in [5, 5.41) is 6.10. The van der Waals surface area contributed by atoms with E-state index in [0.29, 0.717) is 34.5 Å². The van der Waals surface area contributed by atoms with Crippen molar-refractivity contribution in [2.45, 2.75) is 18.9 Å². The summed E-state index contributed by atoms with van der Waals surface area (Å²) in [6.45, 7) is 0. The number of carbonyl (C=O) groups excluding carboxylic acids is 1. The molecule has 25 heavy (non-hydrogen) atoms. The molecule has 132 valence electrons. The first kappa shape index (κ1) is 16.9. The van der Waals surface area contributed by atoms with E-state index in [1.807, 2.05) is 6.07 Å². The predicted molar refractivity (Wildman–Crippen MR) is 94.9 cm³/mol. The second-order valence-corrected chi connectivity index (χ2v) is 5.72. The fourth-order valence-electron chi connectivity index (χ4n) is 2.41. The Morgan fingerprint density at radius 3 is 2.24 bits per heavy atom. The van der Waals surface area contributed by atoms with Crippen molar-refractivity contribution in [3.05, 3.63) is 36.0 Å². The van der Waals surface area contributed by atoms with Crippen molar-refractivity contribution in [2.75, 3.05) is 32.0 Å². The second kappa shape index (κ2) is 7.29. The van der Waals surface area contributed by atoms with Crippen LogP contribution in [-0.2, 0) is 0 Å². The van der Waals surface area contributed by atoms with Crippen LogP contribution in [0.25, 0.3) is 0 Å². The third kappa shape index (κ3) is 3.93. The number of ether oxygens (including phenoxy) is 3. The van der Waals surface area contributed by atoms with Gasteiger partial charge in [0.05, 0.1) is 26.9 Å². The van der Waals surface area contributed by atoms with E-state index in [-0.39, 0.29) is 5.91 Å². The number of pyridine rings is 1. The van der Waals surface area contributed by atoms with Crippen LogP contribution in [0.4, 0.5) is 11.5 Å². The quantitative estimate of drug-likeness (QED) is 0.804. The normalized spacial score (nSPS) is 13.1. The van der Waals surface area contributed by atoms with Gasteiger partial charge >= 0.3 is 0 Å². The van der Waals surface area contributed by atoms with E-state index in [1.165, 1.54) is 34.2 Å². The summed E-state index contributed by atoms with van der Waals surface area (Å²) in [7, 11) is 4.58. The molecule has 3 rings (SSSR count). The van der Waals surface area contributed by atoms with Gasteiger partial charge in [-0.25, -0.2) is 4.98 Å². The molecule has 0 saturated heterocycles. The van der Waals surface area contributed by atoms with E-state index in [9.17, 15) is 4.79 Å². The first-order valence-electron chi connectivity index (χ1n) is 7.98. The zero-order valence-electron chi connectivity index (χ0n) is 14.5. The molecule has 1 aliphatic rings. The molecule has 0 spiro atoms. The van der Waals surface area contributed by atoms with Crippen molar-refractivity contribution in [3.8, 4) is 17.2 Å². The Hall–Kier alpha value is -2.96. The van der Waals surface area contributed by atoms with Crippen molar-refractivity contribution in [2.24, 2.45) is 0 Å². The molecule has 1 aliphatic carbocycles. The zero-order chi connectivity index (χ0) is 17.8. The molecule has 1 aromatic carbocycles. The summed E-state index contributed by atoms with van der Waals surface area (Å²) >= 11 is 0. The summed E-state index contributed by atoms with van der Waals surface area (Å²) in [5.41, 5.74) is 1.01. The molecule has 0 radical (unpaired) electrons. The van der Waals surface area contributed by atoms with Gasteiger partial charge in [-0.15, -0.1) is 0 Å². The van der Waals surface area contributed by atoms with E-state index in [4.69, 9.17) is 14.2 Å². The number of anilines is 2. The number of nitrogens with one attached hydrogen (secondary N) is 2. The van der Waals surface area contributed by atoms with Gasteiger partial charge in [-0.2, -0.15) is 0 Å². The molecule has 2 N–H and O–H groups in total. The largest absolute Gasteiger partial charge is 0.493 e. The van der Waals surface area contributed by atoms with Crippen LogP contribution >= 0.6 is 0 Å². The van der Waals surface area contributed by atoms with Crippen molar-refractivity contribution in [3.63, 3.8) is 0 Å². The van der Waals surface area contributed by atoms with E-state index >= 15 is 0 Å². The van der Waals surface area contributed by atoms with Crippen LogP contribution in [0.1, 0.15) is 23.2 Å². The smallest absolute Gasteiger partial charge is 0.257 e. The van der Waals surface area contributed by atoms with Crippen LogP contribution in [0.5, 0.6) is 17.2 Å². The van der Waals surface area contributed by atoms with Gasteiger partial charge in [0.15, 0.2) is 11.5 Å². The van der Waals surface area contributed by atoms with Gasteiger partial charge in [0.25, 0.3) is 5.91 Å². The van der Waals surface area contributed by atoms with Crippen LogP contribution in [-0.4, -0.2) is 38.3 Å². The zero-order valence-corrected chi connectivity index (χ0v) is 14.5. The fourth-order valence-corrected chi connectivity index (χ4v) is 2.41. The number of aromatic nitrogens is 1. The number of benzene rings is 1. The lowest BCUT2D eigenvalue weighted by Gasteiger charge is -2.14. The summed E-state index contributed by atoms with van der Waals surface area (Å²) in [6, 6.07) is 7.42. The van der Waals surface area contributed by atoms with Crippen molar-refractivity contribution >= 4 is 17.4 Å². The van der Waals surface area contributed by atoms with Gasteiger partial charge in [-0.1, -0.05) is 0 Å². The Morgan fingerprint density at radius 1 is 1.08 bits per heavy atom. The highest BCUT2D eigenvalue weighted by Crippen LogP contribution is 2.40. The highest BCUT2D eigenvalue weighted by Gasteiger charge is 2.21. The molecule has 1 aromatic heterocycles. The number of carbonyl (C=O) groups is 1. The molecule has 1 amide bonds. The number of rotatable bonds is 7. The minimum absolute atomic E-state index is 0.264. The fraction of sp³-hybridized carbons (Fsp3) is 0.333. The van der Waals surface area contributed by atoms with Crippen molar-refractivity contribution in [1.82, 2.24) is 4.98 Å². The highest BCUT2D eigenvalue weighted by molar-refractivity contribution is 6.04. The number of nitrogens with zero attached hydrogens (tertiary/aromatic N) is 1. The van der Waals surface area contributed by atoms with E-state index < -0.39 is 0 Å². The maximum absolute atomic E-state index is 12.4. The van der Waals surface area contributed by atoms with Gasteiger partial charge in [0, 0.05) is 30.1 Å². The third-order valence-electron chi connectivity index (χ3n) is 3.88. The van der Waals surface area contributed by atoms with Crippen LogP contribution in [0.3, 0.4) is 0 Å². The molecule has 0 unspecified atom stereocenters. The van der Waals surface area contributed by atoms with E-state index in [2.05, 4.69) is 15.6 Å². The Bertz CT molecular complexity index is 732. The van der Waals surface area contributed by atoms with Crippen LogP contribution in [0.2, 0.25) is 0 Å². The Morgan fingerprint density at radius 2 is 1.76 bits per heavy atom. The summed E-state index contributed by atoms with van der Waals surface area (Å²) < 4.78 is 15.8. The molecule has 1 fully saturated rings. The standard InChI is InChI=1S/C18H21N3O4/c1-23-14-8-13(9-15(24-2)17(14)25-3)21-18(22)11-4-7-16(19-10-11)20-12-5-6-12/h4,7-10,12H,5-6H2,1-3H3,(H,19,20)(H,21,22). The highest BCUT2D eigenvalue weighted by atomic mass is 16.5. The van der Waals surface area contributed by atoms with Gasteiger partial charge in [-0.05, 0) is 25.0 Å². The number of hydrogen-bond donors (Lipinski definition) is 2. The SMILES string of the molecule is COc1cc(NC(=O)c2ccc(NC3CC3)nc2)cc(OC)c1OC. The number of amides is 1. The average molecular weight is 343 g/mol. The lowest BCUT2D eigenvalue weighted by Crippen LogP contribution is -2.13. The first-order valence-corrected chi connectivity index (χ1v) is 7.98. The number of hydrogen-bond acceptors (Lipinski definition) is 6. The molecule has 0 atom stereocenters. The molecule has 1 saturated carbocycles. The molecule has 7 nitrogen and oxygen atoms in total. The van der Waals surface area contributed by atoms with Gasteiger partial charge in [0.1, 0.15) is 5.82 Å². The van der Waals surface area contributed by atoms with Crippen molar-refractivity contribution < 1.29 is 19.0 Å². The Labute approximate surface area is 146 Å². The molecular weight excluding hydrogens is 322 g/mol. The van der Waals surface area contributed by atoms with Crippen LogP contribution < -0.4 is 24.8 Å². The van der Waals surface area contributed by atoms with Crippen LogP contribution in [0.15, 0.2) is 30.5 Å². The number of methoxy groups -OCH3 is 3. The van der Waals surface area contributed by atoms with Gasteiger partial charge < -0.3 is 24.8 Å². The maximum Gasteiger partial charge on any atom is 0.257 e. The molecule has 2 aromatic rings. The lowest BCUT2D eigenvalue weighted by molar-refractivity contribution is 0.102. The van der Waals surface area contributed by atoms with Crippen molar-refractivity contribution in [1.29, 1.82) is 0 Å². The monoisotopic (exact) mass is 343 g/mol. The summed E-state index contributed by atoms with van der Waals surface area (Å²) in [5.74, 6) is 1.94. The topological polar surface area (TPSA) is 81.7 Å².